The molecular formula is C20H23ClF3N3O4. The van der Waals surface area contributed by atoms with Crippen molar-refractivity contribution >= 4 is 23.5 Å². The molecule has 0 aromatic heterocycles. The van der Waals surface area contributed by atoms with Crippen molar-refractivity contribution in [1.29, 1.82) is 0 Å². The number of nitrogens with zero attached hydrogens (tertiary/aromatic N) is 2. The number of urea groups is 1. The number of halogens is 4. The molecule has 11 heteroatoms. The van der Waals surface area contributed by atoms with E-state index in [2.05, 4.69) is 5.32 Å². The van der Waals surface area contributed by atoms with E-state index in [1.54, 1.807) is 21.9 Å². The summed E-state index contributed by atoms with van der Waals surface area (Å²) in [6.45, 7) is 0.566. The molecule has 4 rings (SSSR count). The zero-order valence-electron chi connectivity index (χ0n) is 16.7. The van der Waals surface area contributed by atoms with Crippen LogP contribution in [0.5, 0.6) is 5.75 Å². The molecule has 0 radical (unpaired) electrons. The molecule has 7 nitrogen and oxygen atoms in total. The highest BCUT2D eigenvalue weighted by atomic mass is 35.5. The average Bonchev–Trinajstić information content (AvgIpc) is 3.20. The molecule has 3 fully saturated rings. The highest BCUT2D eigenvalue weighted by molar-refractivity contribution is 6.30. The van der Waals surface area contributed by atoms with Crippen molar-refractivity contribution in [2.24, 2.45) is 0 Å². The number of amides is 3. The van der Waals surface area contributed by atoms with Crippen LogP contribution in [-0.2, 0) is 9.53 Å². The van der Waals surface area contributed by atoms with Crippen molar-refractivity contribution in [2.75, 3.05) is 39.4 Å². The summed E-state index contributed by atoms with van der Waals surface area (Å²) in [6.07, 6.45) is -3.18. The quantitative estimate of drug-likeness (QED) is 0.751. The summed E-state index contributed by atoms with van der Waals surface area (Å²) in [5, 5.41) is 3.16. The van der Waals surface area contributed by atoms with Crippen LogP contribution >= 0.6 is 11.6 Å². The maximum atomic E-state index is 13.0. The Kier molecular flexibility index (Phi) is 6.20. The number of hydrogen-bond acceptors (Lipinski definition) is 4. The van der Waals surface area contributed by atoms with Gasteiger partial charge in [-0.25, -0.2) is 4.79 Å². The number of morpholine rings is 1. The van der Waals surface area contributed by atoms with Gasteiger partial charge in [-0.3, -0.25) is 4.79 Å². The lowest BCUT2D eigenvalue weighted by atomic mass is 9.98. The molecule has 3 saturated heterocycles. The lowest BCUT2D eigenvalue weighted by Gasteiger charge is -2.42. The van der Waals surface area contributed by atoms with Crippen molar-refractivity contribution in [1.82, 2.24) is 15.1 Å². The van der Waals surface area contributed by atoms with Gasteiger partial charge in [-0.1, -0.05) is 11.6 Å². The van der Waals surface area contributed by atoms with E-state index in [0.29, 0.717) is 39.0 Å². The Balaban J connectivity index is 1.37. The van der Waals surface area contributed by atoms with E-state index < -0.39 is 12.8 Å². The van der Waals surface area contributed by atoms with Gasteiger partial charge in [0.25, 0.3) is 0 Å². The van der Waals surface area contributed by atoms with E-state index >= 15 is 0 Å². The molecule has 0 spiro atoms. The standard InChI is InChI=1S/C20H23ClF3N3O4/c21-14-5-13(6-15(7-14)31-11-20(22,23)24)12-1-3-26(8-12)19(29)27-4-2-17-16(9-27)25-18(28)10-30-17/h5-7,12,16-17H,1-4,8-11H2,(H,25,28)/t12-,16+,17-/m0/s1. The number of hydrogen-bond donors (Lipinski definition) is 1. The fourth-order valence-corrected chi connectivity index (χ4v) is 4.58. The van der Waals surface area contributed by atoms with Gasteiger partial charge in [-0.2, -0.15) is 13.2 Å². The maximum absolute atomic E-state index is 13.0. The molecule has 3 atom stereocenters. The van der Waals surface area contributed by atoms with Gasteiger partial charge in [-0.05, 0) is 36.6 Å². The molecule has 3 amide bonds. The Morgan fingerprint density at radius 2 is 1.94 bits per heavy atom. The van der Waals surface area contributed by atoms with Crippen LogP contribution in [-0.4, -0.2) is 79.5 Å². The van der Waals surface area contributed by atoms with Crippen LogP contribution in [0.15, 0.2) is 18.2 Å². The number of carbonyl (C=O) groups excluding carboxylic acids is 2. The zero-order valence-corrected chi connectivity index (χ0v) is 17.4. The molecule has 3 heterocycles. The van der Waals surface area contributed by atoms with Crippen LogP contribution in [0.2, 0.25) is 5.02 Å². The lowest BCUT2D eigenvalue weighted by molar-refractivity contribution is -0.153. The lowest BCUT2D eigenvalue weighted by Crippen LogP contribution is -2.62. The van der Waals surface area contributed by atoms with Gasteiger partial charge in [0.1, 0.15) is 12.4 Å². The van der Waals surface area contributed by atoms with E-state index in [1.807, 2.05) is 0 Å². The molecule has 31 heavy (non-hydrogen) atoms. The second kappa shape index (κ2) is 8.74. The Morgan fingerprint density at radius 3 is 2.71 bits per heavy atom. The van der Waals surface area contributed by atoms with E-state index in [1.165, 1.54) is 6.07 Å². The highest BCUT2D eigenvalue weighted by Gasteiger charge is 2.39. The highest BCUT2D eigenvalue weighted by Crippen LogP contribution is 2.33. The van der Waals surface area contributed by atoms with Gasteiger partial charge in [0.05, 0.1) is 12.1 Å². The average molecular weight is 462 g/mol. The summed E-state index contributed by atoms with van der Waals surface area (Å²) >= 11 is 6.08. The van der Waals surface area contributed by atoms with Crippen molar-refractivity contribution in [3.63, 3.8) is 0 Å². The van der Waals surface area contributed by atoms with Crippen LogP contribution in [0.1, 0.15) is 24.3 Å². The number of fused-ring (bicyclic) bond motifs is 1. The first-order chi connectivity index (χ1) is 14.7. The number of benzene rings is 1. The number of ether oxygens (including phenoxy) is 2. The van der Waals surface area contributed by atoms with Gasteiger partial charge >= 0.3 is 12.2 Å². The van der Waals surface area contributed by atoms with E-state index in [9.17, 15) is 22.8 Å². The minimum absolute atomic E-state index is 0.0499. The first-order valence-electron chi connectivity index (χ1n) is 10.1. The SMILES string of the molecule is O=C1CO[C@H]2CCN(C(=O)N3CC[C@H](c4cc(Cl)cc(OCC(F)(F)F)c4)C3)C[C@H]2N1. The monoisotopic (exact) mass is 461 g/mol. The molecule has 170 valence electrons. The Labute approximate surface area is 182 Å². The smallest absolute Gasteiger partial charge is 0.422 e. The second-order valence-electron chi connectivity index (χ2n) is 8.10. The minimum atomic E-state index is -4.44. The first-order valence-corrected chi connectivity index (χ1v) is 10.5. The molecule has 3 aliphatic heterocycles. The number of nitrogens with one attached hydrogen (secondary N) is 1. The Bertz CT molecular complexity index is 853. The molecule has 0 unspecified atom stereocenters. The predicted molar refractivity (Wildman–Crippen MR) is 105 cm³/mol. The van der Waals surface area contributed by atoms with Crippen molar-refractivity contribution in [2.45, 2.75) is 37.1 Å². The largest absolute Gasteiger partial charge is 0.484 e. The van der Waals surface area contributed by atoms with E-state index in [4.69, 9.17) is 21.1 Å². The molecule has 1 aromatic carbocycles. The summed E-state index contributed by atoms with van der Waals surface area (Å²) in [5.41, 5.74) is 0.742. The van der Waals surface area contributed by atoms with Gasteiger partial charge in [0.15, 0.2) is 6.61 Å². The maximum Gasteiger partial charge on any atom is 0.422 e. The number of alkyl halides is 3. The van der Waals surface area contributed by atoms with Crippen LogP contribution in [0.25, 0.3) is 0 Å². The van der Waals surface area contributed by atoms with Crippen LogP contribution in [0.3, 0.4) is 0 Å². The zero-order chi connectivity index (χ0) is 22.2. The minimum Gasteiger partial charge on any atom is -0.484 e. The third kappa shape index (κ3) is 5.35. The summed E-state index contributed by atoms with van der Waals surface area (Å²) in [7, 11) is 0. The topological polar surface area (TPSA) is 71.1 Å². The van der Waals surface area contributed by atoms with Crippen LogP contribution in [0, 0.1) is 0 Å². The number of carbonyl (C=O) groups is 2. The molecular weight excluding hydrogens is 439 g/mol. The van der Waals surface area contributed by atoms with Gasteiger partial charge in [0, 0.05) is 37.1 Å². The summed E-state index contributed by atoms with van der Waals surface area (Å²) in [5.74, 6) is -0.174. The molecule has 1 N–H and O–H groups in total. The van der Waals surface area contributed by atoms with Crippen LogP contribution in [0.4, 0.5) is 18.0 Å². The number of likely N-dealkylation sites (tertiary alicyclic amines) is 2. The molecule has 0 saturated carbocycles. The normalized spacial score (nSPS) is 26.5. The first kappa shape index (κ1) is 22.0. The summed E-state index contributed by atoms with van der Waals surface area (Å²) < 4.78 is 47.7. The van der Waals surface area contributed by atoms with E-state index in [0.717, 1.165) is 5.56 Å². The summed E-state index contributed by atoms with van der Waals surface area (Å²) in [4.78, 5) is 28.0. The molecule has 1 aromatic rings. The predicted octanol–water partition coefficient (Wildman–Crippen LogP) is 2.78. The third-order valence-electron chi connectivity index (χ3n) is 5.82. The fourth-order valence-electron chi connectivity index (χ4n) is 4.35. The third-order valence-corrected chi connectivity index (χ3v) is 6.04. The fraction of sp³-hybridized carbons (Fsp3) is 0.600. The Hall–Kier alpha value is -2.20. The van der Waals surface area contributed by atoms with Gasteiger partial charge < -0.3 is 24.6 Å². The summed E-state index contributed by atoms with van der Waals surface area (Å²) in [6, 6.07) is 4.27. The number of rotatable bonds is 3. The molecule has 0 aliphatic carbocycles. The van der Waals surface area contributed by atoms with Crippen molar-refractivity contribution < 1.29 is 32.2 Å². The van der Waals surface area contributed by atoms with Gasteiger partial charge in [-0.15, -0.1) is 0 Å². The number of piperidine rings is 1. The molecule has 3 aliphatic rings. The van der Waals surface area contributed by atoms with Crippen LogP contribution < -0.4 is 10.1 Å². The van der Waals surface area contributed by atoms with Crippen molar-refractivity contribution in [3.05, 3.63) is 28.8 Å². The molecule has 0 bridgehead atoms. The van der Waals surface area contributed by atoms with E-state index in [-0.39, 0.29) is 47.4 Å². The Morgan fingerprint density at radius 1 is 1.19 bits per heavy atom. The van der Waals surface area contributed by atoms with Gasteiger partial charge in [0.2, 0.25) is 5.91 Å². The second-order valence-corrected chi connectivity index (χ2v) is 8.53. The van der Waals surface area contributed by atoms with Crippen molar-refractivity contribution in [3.8, 4) is 5.75 Å².